The highest BCUT2D eigenvalue weighted by atomic mass is 32.2. The first-order valence-electron chi connectivity index (χ1n) is 8.48. The van der Waals surface area contributed by atoms with Gasteiger partial charge in [0.1, 0.15) is 0 Å². The number of nitrogens with zero attached hydrogens (tertiary/aromatic N) is 3. The van der Waals surface area contributed by atoms with Crippen molar-refractivity contribution in [1.29, 1.82) is 0 Å². The molecule has 3 rings (SSSR count). The zero-order chi connectivity index (χ0) is 18.0. The van der Waals surface area contributed by atoms with Gasteiger partial charge in [0.25, 0.3) is 10.0 Å². The minimum Gasteiger partial charge on any atom is -0.367 e. The van der Waals surface area contributed by atoms with Crippen molar-refractivity contribution in [2.24, 2.45) is 0 Å². The predicted octanol–water partition coefficient (Wildman–Crippen LogP) is 2.57. The van der Waals surface area contributed by atoms with E-state index in [-0.39, 0.29) is 0 Å². The average Bonchev–Trinajstić information content (AvgIpc) is 2.59. The van der Waals surface area contributed by atoms with Gasteiger partial charge in [-0.2, -0.15) is 0 Å². The number of sulfonamides is 1. The van der Waals surface area contributed by atoms with Crippen molar-refractivity contribution < 1.29 is 8.42 Å². The fraction of sp³-hybridized carbons (Fsp3) is 0.368. The Morgan fingerprint density at radius 3 is 2.24 bits per heavy atom. The molecule has 134 valence electrons. The largest absolute Gasteiger partial charge is 0.367 e. The highest BCUT2D eigenvalue weighted by Gasteiger charge is 2.31. The summed E-state index contributed by atoms with van der Waals surface area (Å²) >= 11 is 0. The molecular weight excluding hydrogens is 334 g/mol. The number of para-hydroxylation sites is 2. The zero-order valence-corrected chi connectivity index (χ0v) is 15.8. The van der Waals surface area contributed by atoms with Crippen molar-refractivity contribution >= 4 is 21.4 Å². The van der Waals surface area contributed by atoms with Crippen molar-refractivity contribution in [3.63, 3.8) is 0 Å². The molecular formula is C19H25N3O2S. The molecule has 0 N–H and O–H groups in total. The number of rotatable bonds is 5. The fourth-order valence-corrected chi connectivity index (χ4v) is 4.50. The molecule has 0 aliphatic carbocycles. The molecule has 0 saturated carbocycles. The van der Waals surface area contributed by atoms with Crippen molar-refractivity contribution in [2.75, 3.05) is 49.5 Å². The summed E-state index contributed by atoms with van der Waals surface area (Å²) < 4.78 is 27.8. The van der Waals surface area contributed by atoms with Crippen LogP contribution in [0.4, 0.5) is 11.4 Å². The van der Waals surface area contributed by atoms with E-state index in [1.807, 2.05) is 57.4 Å². The molecule has 2 aromatic rings. The van der Waals surface area contributed by atoms with E-state index in [1.54, 1.807) is 16.4 Å². The molecule has 5 nitrogen and oxygen atoms in total. The molecule has 0 radical (unpaired) electrons. The third-order valence-corrected chi connectivity index (χ3v) is 6.32. The number of hydrogen-bond acceptors (Lipinski definition) is 4. The number of hydrogen-bond donors (Lipinski definition) is 0. The Morgan fingerprint density at radius 1 is 0.960 bits per heavy atom. The molecule has 0 spiro atoms. The highest BCUT2D eigenvalue weighted by Crippen LogP contribution is 2.36. The van der Waals surface area contributed by atoms with E-state index in [9.17, 15) is 8.42 Å². The van der Waals surface area contributed by atoms with Crippen molar-refractivity contribution in [1.82, 2.24) is 4.90 Å². The van der Waals surface area contributed by atoms with Gasteiger partial charge < -0.3 is 9.80 Å². The van der Waals surface area contributed by atoms with Crippen molar-refractivity contribution in [3.05, 3.63) is 54.1 Å². The first-order valence-corrected chi connectivity index (χ1v) is 9.92. The van der Waals surface area contributed by atoms with Crippen LogP contribution in [0.2, 0.25) is 0 Å². The van der Waals surface area contributed by atoms with Gasteiger partial charge in [-0.3, -0.25) is 4.31 Å². The number of aryl methyl sites for hydroxylation is 1. The maximum atomic E-state index is 13.1. The lowest BCUT2D eigenvalue weighted by molar-refractivity contribution is 0.413. The number of anilines is 2. The molecule has 0 amide bonds. The van der Waals surface area contributed by atoms with Crippen molar-refractivity contribution in [3.8, 4) is 0 Å². The van der Waals surface area contributed by atoms with Gasteiger partial charge >= 0.3 is 0 Å². The first kappa shape index (κ1) is 17.8. The normalized spacial score (nSPS) is 14.7. The van der Waals surface area contributed by atoms with Crippen LogP contribution in [-0.2, 0) is 10.0 Å². The molecule has 6 heteroatoms. The summed E-state index contributed by atoms with van der Waals surface area (Å²) in [5.74, 6) is 0. The summed E-state index contributed by atoms with van der Waals surface area (Å²) in [6.45, 7) is 4.91. The standard InChI is InChI=1S/C19H25N3O2S/c1-16-8-10-17(11-9-16)25(23,24)22-15-14-21(13-12-20(2)3)18-6-4-5-7-19(18)22/h4-11H,12-15H2,1-3H3. The van der Waals surface area contributed by atoms with Crippen LogP contribution >= 0.6 is 0 Å². The molecule has 25 heavy (non-hydrogen) atoms. The van der Waals surface area contributed by atoms with Crippen molar-refractivity contribution in [2.45, 2.75) is 11.8 Å². The molecule has 0 saturated heterocycles. The second-order valence-electron chi connectivity index (χ2n) is 6.67. The van der Waals surface area contributed by atoms with Crippen LogP contribution in [0.5, 0.6) is 0 Å². The Hall–Kier alpha value is -2.05. The van der Waals surface area contributed by atoms with Crippen LogP contribution in [0.15, 0.2) is 53.4 Å². The SMILES string of the molecule is Cc1ccc(S(=O)(=O)N2CCN(CCN(C)C)c3ccccc32)cc1. The highest BCUT2D eigenvalue weighted by molar-refractivity contribution is 7.92. The molecule has 1 aliphatic heterocycles. The summed E-state index contributed by atoms with van der Waals surface area (Å²) in [6.07, 6.45) is 0. The molecule has 1 aliphatic rings. The Morgan fingerprint density at radius 2 is 1.60 bits per heavy atom. The van der Waals surface area contributed by atoms with E-state index in [4.69, 9.17) is 0 Å². The molecule has 0 bridgehead atoms. The molecule has 0 unspecified atom stereocenters. The monoisotopic (exact) mass is 359 g/mol. The van der Waals surface area contributed by atoms with E-state index in [1.165, 1.54) is 0 Å². The van der Waals surface area contributed by atoms with E-state index in [2.05, 4.69) is 9.80 Å². The lowest BCUT2D eigenvalue weighted by atomic mass is 10.2. The summed E-state index contributed by atoms with van der Waals surface area (Å²) in [5, 5.41) is 0. The van der Waals surface area contributed by atoms with Crippen LogP contribution in [0, 0.1) is 6.92 Å². The summed E-state index contributed by atoms with van der Waals surface area (Å²) in [5.41, 5.74) is 2.78. The second kappa shape index (κ2) is 7.06. The van der Waals surface area contributed by atoms with Crippen LogP contribution < -0.4 is 9.21 Å². The minimum absolute atomic E-state index is 0.342. The Balaban J connectivity index is 1.95. The maximum Gasteiger partial charge on any atom is 0.264 e. The van der Waals surface area contributed by atoms with Gasteiger partial charge in [0, 0.05) is 19.6 Å². The Kier molecular flexibility index (Phi) is 5.01. The maximum absolute atomic E-state index is 13.1. The van der Waals surface area contributed by atoms with Gasteiger partial charge in [-0.1, -0.05) is 29.8 Å². The van der Waals surface area contributed by atoms with Crippen LogP contribution in [-0.4, -0.2) is 53.6 Å². The van der Waals surface area contributed by atoms with Crippen LogP contribution in [0.25, 0.3) is 0 Å². The molecule has 2 aromatic carbocycles. The van der Waals surface area contributed by atoms with Gasteiger partial charge in [-0.05, 0) is 45.3 Å². The number of benzene rings is 2. The van der Waals surface area contributed by atoms with Crippen LogP contribution in [0.3, 0.4) is 0 Å². The number of fused-ring (bicyclic) bond motifs is 1. The Labute approximate surface area is 150 Å². The van der Waals surface area contributed by atoms with Gasteiger partial charge in [-0.15, -0.1) is 0 Å². The van der Waals surface area contributed by atoms with E-state index in [0.717, 1.165) is 30.0 Å². The smallest absolute Gasteiger partial charge is 0.264 e. The first-order chi connectivity index (χ1) is 11.9. The number of likely N-dealkylation sites (N-methyl/N-ethyl adjacent to an activating group) is 1. The fourth-order valence-electron chi connectivity index (χ4n) is 3.04. The second-order valence-corrected chi connectivity index (χ2v) is 8.53. The predicted molar refractivity (Wildman–Crippen MR) is 103 cm³/mol. The molecule has 1 heterocycles. The average molecular weight is 359 g/mol. The molecule has 0 atom stereocenters. The van der Waals surface area contributed by atoms with E-state index >= 15 is 0 Å². The van der Waals surface area contributed by atoms with Crippen LogP contribution in [0.1, 0.15) is 5.56 Å². The van der Waals surface area contributed by atoms with E-state index < -0.39 is 10.0 Å². The molecule has 0 fully saturated rings. The Bertz CT molecular complexity index is 832. The lowest BCUT2D eigenvalue weighted by Gasteiger charge is -2.38. The summed E-state index contributed by atoms with van der Waals surface area (Å²) in [7, 11) is 0.541. The summed E-state index contributed by atoms with van der Waals surface area (Å²) in [4.78, 5) is 4.74. The quantitative estimate of drug-likeness (QED) is 0.823. The molecule has 0 aromatic heterocycles. The minimum atomic E-state index is -3.55. The van der Waals surface area contributed by atoms with Gasteiger partial charge in [0.05, 0.1) is 22.8 Å². The summed E-state index contributed by atoms with van der Waals surface area (Å²) in [6, 6.07) is 14.8. The lowest BCUT2D eigenvalue weighted by Crippen LogP contribution is -2.45. The third kappa shape index (κ3) is 3.65. The van der Waals surface area contributed by atoms with E-state index in [0.29, 0.717) is 18.0 Å². The third-order valence-electron chi connectivity index (χ3n) is 4.49. The topological polar surface area (TPSA) is 43.9 Å². The van der Waals surface area contributed by atoms with Gasteiger partial charge in [0.2, 0.25) is 0 Å². The van der Waals surface area contributed by atoms with Gasteiger partial charge in [-0.25, -0.2) is 8.42 Å². The zero-order valence-electron chi connectivity index (χ0n) is 15.0. The van der Waals surface area contributed by atoms with Gasteiger partial charge in [0.15, 0.2) is 0 Å².